The van der Waals surface area contributed by atoms with Crippen LogP contribution in [0.2, 0.25) is 0 Å². The third kappa shape index (κ3) is 9.90. The van der Waals surface area contributed by atoms with Crippen LogP contribution < -0.4 is 29.6 Å². The maximum atomic E-state index is 10.4. The number of aromatic carboxylic acids is 2. The Labute approximate surface area is 139 Å². The number of rotatable bonds is 6. The van der Waals surface area contributed by atoms with Gasteiger partial charge in [0.1, 0.15) is 0 Å². The van der Waals surface area contributed by atoms with Crippen molar-refractivity contribution in [3.63, 3.8) is 0 Å². The first-order valence-corrected chi connectivity index (χ1v) is 5.39. The molecule has 0 saturated carbocycles. The van der Waals surface area contributed by atoms with Crippen molar-refractivity contribution in [2.45, 2.75) is 0 Å². The molecule has 0 aliphatic carbocycles. The first kappa shape index (κ1) is 21.3. The molecule has 0 saturated heterocycles. The summed E-state index contributed by atoms with van der Waals surface area (Å²) >= 11 is 0. The monoisotopic (exact) mass is 296 g/mol. The number of benzene rings is 1. The Kier molecular flexibility index (Phi) is 13.9. The zero-order valence-electron chi connectivity index (χ0n) is 12.2. The molecule has 1 aromatic carbocycles. The normalized spacial score (nSPS) is 8.90. The van der Waals surface area contributed by atoms with Gasteiger partial charge in [0, 0.05) is 0 Å². The van der Waals surface area contributed by atoms with Crippen molar-refractivity contribution in [3.8, 4) is 0 Å². The van der Waals surface area contributed by atoms with Crippen LogP contribution in [0.4, 0.5) is 0 Å². The van der Waals surface area contributed by atoms with E-state index in [1.165, 1.54) is 18.2 Å². The van der Waals surface area contributed by atoms with Gasteiger partial charge in [0.15, 0.2) is 0 Å². The average Bonchev–Trinajstić information content (AvgIpc) is 2.40. The van der Waals surface area contributed by atoms with Crippen LogP contribution in [0.5, 0.6) is 0 Å². The fraction of sp³-hybridized carbons (Fsp3) is 0.333. The van der Waals surface area contributed by atoms with Gasteiger partial charge in [-0.15, -0.1) is 0 Å². The second kappa shape index (κ2) is 13.0. The molecule has 0 atom stereocenters. The van der Waals surface area contributed by atoms with E-state index in [0.717, 1.165) is 6.07 Å². The van der Waals surface area contributed by atoms with Crippen LogP contribution >= 0.6 is 0 Å². The molecular formula is C12H17NaO7. The van der Waals surface area contributed by atoms with Crippen molar-refractivity contribution in [3.05, 3.63) is 35.4 Å². The predicted octanol–water partition coefficient (Wildman–Crippen LogP) is -2.81. The molecule has 0 spiro atoms. The molecule has 0 heterocycles. The zero-order chi connectivity index (χ0) is 14.7. The largest absolute Gasteiger partial charge is 1.00 e. The van der Waals surface area contributed by atoms with E-state index in [1.54, 1.807) is 0 Å². The van der Waals surface area contributed by atoms with Gasteiger partial charge in [-0.05, 0) is 18.2 Å². The van der Waals surface area contributed by atoms with Crippen LogP contribution in [0.1, 0.15) is 22.1 Å². The van der Waals surface area contributed by atoms with E-state index < -0.39 is 11.9 Å². The molecule has 0 bridgehead atoms. The van der Waals surface area contributed by atoms with Gasteiger partial charge < -0.3 is 26.6 Å². The molecule has 0 amide bonds. The number of aliphatic hydroxyl groups excluding tert-OH is 2. The number of carbonyl (C=O) groups is 2. The maximum Gasteiger partial charge on any atom is 1.00 e. The van der Waals surface area contributed by atoms with Crippen LogP contribution in [0.15, 0.2) is 24.3 Å². The Balaban J connectivity index is -0.000000317. The summed E-state index contributed by atoms with van der Waals surface area (Å²) in [4.78, 5) is 20.8. The maximum absolute atomic E-state index is 10.4. The Bertz CT molecular complexity index is 381. The zero-order valence-corrected chi connectivity index (χ0v) is 13.2. The summed E-state index contributed by atoms with van der Waals surface area (Å²) in [6, 6.07) is 5.20. The predicted molar refractivity (Wildman–Crippen MR) is 66.5 cm³/mol. The summed E-state index contributed by atoms with van der Waals surface area (Å²) in [5, 5.41) is 33.2. The molecule has 1 rings (SSSR count). The summed E-state index contributed by atoms with van der Waals surface area (Å²) in [5.74, 6) is -2.25. The SMILES string of the molecule is O=C(O)c1cccc(C(=O)O)c1.OCCOCCO.[H-].[Na+]. The van der Waals surface area contributed by atoms with Gasteiger partial charge in [-0.3, -0.25) is 0 Å². The van der Waals surface area contributed by atoms with Crippen LogP contribution in [-0.4, -0.2) is 58.8 Å². The number of ether oxygens (including phenoxy) is 1. The minimum absolute atomic E-state index is 0. The van der Waals surface area contributed by atoms with Crippen molar-refractivity contribution in [1.82, 2.24) is 0 Å². The van der Waals surface area contributed by atoms with Gasteiger partial charge in [0.25, 0.3) is 0 Å². The third-order valence-electron chi connectivity index (χ3n) is 1.83. The molecule has 0 aliphatic rings. The number of carboxylic acid groups (broad SMARTS) is 2. The molecule has 108 valence electrons. The number of hydrogen-bond donors (Lipinski definition) is 4. The van der Waals surface area contributed by atoms with E-state index in [4.69, 9.17) is 20.4 Å². The second-order valence-corrected chi connectivity index (χ2v) is 3.25. The van der Waals surface area contributed by atoms with Crippen molar-refractivity contribution in [1.29, 1.82) is 0 Å². The molecule has 0 aromatic heterocycles. The summed E-state index contributed by atoms with van der Waals surface area (Å²) < 4.78 is 4.63. The topological polar surface area (TPSA) is 124 Å². The summed E-state index contributed by atoms with van der Waals surface area (Å²) in [7, 11) is 0. The van der Waals surface area contributed by atoms with Crippen LogP contribution in [-0.2, 0) is 4.74 Å². The van der Waals surface area contributed by atoms with Crippen molar-refractivity contribution >= 4 is 11.9 Å². The molecule has 0 unspecified atom stereocenters. The van der Waals surface area contributed by atoms with Crippen molar-refractivity contribution in [2.24, 2.45) is 0 Å². The Morgan fingerprint density at radius 2 is 1.40 bits per heavy atom. The van der Waals surface area contributed by atoms with E-state index in [2.05, 4.69) is 4.74 Å². The van der Waals surface area contributed by atoms with Gasteiger partial charge >= 0.3 is 41.5 Å². The summed E-state index contributed by atoms with van der Waals surface area (Å²) in [6.07, 6.45) is 0. The van der Waals surface area contributed by atoms with Crippen molar-refractivity contribution in [2.75, 3.05) is 26.4 Å². The quantitative estimate of drug-likeness (QED) is 0.330. The molecule has 20 heavy (non-hydrogen) atoms. The third-order valence-corrected chi connectivity index (χ3v) is 1.83. The first-order valence-electron chi connectivity index (χ1n) is 5.39. The van der Waals surface area contributed by atoms with Crippen molar-refractivity contribution < 1.29 is 65.7 Å². The Hall–Kier alpha value is -0.960. The standard InChI is InChI=1S/C8H6O4.C4H10O3.Na.H/c9-7(10)5-2-1-3-6(4-5)8(11)12;5-1-3-7-4-2-6;;/h1-4H,(H,9,10)(H,11,12);5-6H,1-4H2;;/q;;+1;-1. The van der Waals surface area contributed by atoms with Gasteiger partial charge in [-0.2, -0.15) is 0 Å². The Morgan fingerprint density at radius 1 is 1.00 bits per heavy atom. The molecule has 7 nitrogen and oxygen atoms in total. The van der Waals surface area contributed by atoms with E-state index in [1.807, 2.05) is 0 Å². The fourth-order valence-corrected chi connectivity index (χ4v) is 1.02. The van der Waals surface area contributed by atoms with Gasteiger partial charge in [0.2, 0.25) is 0 Å². The van der Waals surface area contributed by atoms with Gasteiger partial charge in [-0.25, -0.2) is 9.59 Å². The van der Waals surface area contributed by atoms with Crippen LogP contribution in [0, 0.1) is 0 Å². The minimum atomic E-state index is -1.13. The number of carboxylic acids is 2. The summed E-state index contributed by atoms with van der Waals surface area (Å²) in [6.45, 7) is 0.696. The molecule has 8 heteroatoms. The molecule has 0 aliphatic heterocycles. The Morgan fingerprint density at radius 3 is 1.70 bits per heavy atom. The van der Waals surface area contributed by atoms with E-state index in [-0.39, 0.29) is 55.3 Å². The fourth-order valence-electron chi connectivity index (χ4n) is 1.02. The average molecular weight is 296 g/mol. The molecular weight excluding hydrogens is 279 g/mol. The molecule has 4 N–H and O–H groups in total. The van der Waals surface area contributed by atoms with E-state index >= 15 is 0 Å². The van der Waals surface area contributed by atoms with Crippen LogP contribution in [0.25, 0.3) is 0 Å². The number of aliphatic hydroxyl groups is 2. The first-order chi connectivity index (χ1) is 9.02. The number of hydrogen-bond acceptors (Lipinski definition) is 5. The van der Waals surface area contributed by atoms with Gasteiger partial charge in [0.05, 0.1) is 37.6 Å². The molecule has 0 fully saturated rings. The molecule has 1 aromatic rings. The summed E-state index contributed by atoms with van der Waals surface area (Å²) in [5.41, 5.74) is -0.0372. The van der Waals surface area contributed by atoms with Crippen LogP contribution in [0.3, 0.4) is 0 Å². The smallest absolute Gasteiger partial charge is 1.00 e. The minimum Gasteiger partial charge on any atom is -1.00 e. The van der Waals surface area contributed by atoms with E-state index in [9.17, 15) is 9.59 Å². The molecule has 0 radical (unpaired) electrons. The second-order valence-electron chi connectivity index (χ2n) is 3.25. The van der Waals surface area contributed by atoms with Gasteiger partial charge in [-0.1, -0.05) is 6.07 Å². The van der Waals surface area contributed by atoms with E-state index in [0.29, 0.717) is 13.2 Å².